The van der Waals surface area contributed by atoms with Crippen molar-refractivity contribution in [3.63, 3.8) is 0 Å². The van der Waals surface area contributed by atoms with Gasteiger partial charge in [0.2, 0.25) is 0 Å². The molecule has 82 valence electrons. The Labute approximate surface area is 116 Å². The van der Waals surface area contributed by atoms with Gasteiger partial charge in [-0.25, -0.2) is 9.13 Å². The summed E-state index contributed by atoms with van der Waals surface area (Å²) in [6, 6.07) is 0. The molecule has 11 N–H and O–H groups in total. The molecule has 0 amide bonds. The summed E-state index contributed by atoms with van der Waals surface area (Å²) < 4.78 is 17.8. The van der Waals surface area contributed by atoms with Crippen molar-refractivity contribution in [2.45, 2.75) is 0 Å². The van der Waals surface area contributed by atoms with E-state index in [-0.39, 0.29) is 63.0 Å². The quantitative estimate of drug-likeness (QED) is 0.174. The van der Waals surface area contributed by atoms with Crippen molar-refractivity contribution in [2.24, 2.45) is 0 Å². The molecular weight excluding hydrogens is 259 g/mol. The second-order valence-electron chi connectivity index (χ2n) is 1.03. The number of hydrogen-bond acceptors (Lipinski definition) is 3. The fourth-order valence-corrected chi connectivity index (χ4v) is 0. The van der Waals surface area contributed by atoms with Gasteiger partial charge in [0.25, 0.3) is 0 Å². The first kappa shape index (κ1) is 29.3. The SMILES string of the molecule is N.O.O=P(O)(O)O.O=P(O)(O)O.[KH]. The molecule has 0 atom stereocenters. The normalized spacial score (nSPS) is 9.08. The van der Waals surface area contributed by atoms with Gasteiger partial charge in [-0.05, 0) is 0 Å². The predicted molar refractivity (Wildman–Crippen MR) is 44.3 cm³/mol. The van der Waals surface area contributed by atoms with Gasteiger partial charge in [0.15, 0.2) is 0 Å². The second-order valence-corrected chi connectivity index (χ2v) is 3.08. The van der Waals surface area contributed by atoms with E-state index in [9.17, 15) is 0 Å². The van der Waals surface area contributed by atoms with E-state index < -0.39 is 15.6 Å². The van der Waals surface area contributed by atoms with Crippen molar-refractivity contribution in [1.82, 2.24) is 6.15 Å². The van der Waals surface area contributed by atoms with Crippen LogP contribution in [0, 0.1) is 0 Å². The maximum absolute atomic E-state index is 8.88. The molecule has 0 aromatic rings. The molecule has 0 saturated carbocycles. The van der Waals surface area contributed by atoms with E-state index in [1.807, 2.05) is 0 Å². The number of rotatable bonds is 0. The van der Waals surface area contributed by atoms with Gasteiger partial charge in [0, 0.05) is 0 Å². The molecule has 0 saturated heterocycles. The van der Waals surface area contributed by atoms with Crippen LogP contribution in [0.3, 0.4) is 0 Å². The summed E-state index contributed by atoms with van der Waals surface area (Å²) in [6.07, 6.45) is 0. The van der Waals surface area contributed by atoms with Crippen LogP contribution in [0.4, 0.5) is 0 Å². The molecule has 0 rings (SSSR count). The molecule has 0 aromatic heterocycles. The molecule has 0 aliphatic heterocycles. The van der Waals surface area contributed by atoms with E-state index in [0.29, 0.717) is 0 Å². The minimum absolute atomic E-state index is 0. The summed E-state index contributed by atoms with van der Waals surface area (Å²) in [7, 11) is -9.28. The van der Waals surface area contributed by atoms with E-state index in [1.165, 1.54) is 0 Å². The average Bonchev–Trinajstić information content (AvgIpc) is 1.12. The molecule has 0 aromatic carbocycles. The van der Waals surface area contributed by atoms with E-state index in [2.05, 4.69) is 0 Å². The van der Waals surface area contributed by atoms with Crippen LogP contribution in [0.1, 0.15) is 0 Å². The van der Waals surface area contributed by atoms with Crippen molar-refractivity contribution in [2.75, 3.05) is 0 Å². The Hall–Kier alpha value is 1.78. The van der Waals surface area contributed by atoms with Crippen molar-refractivity contribution in [3.05, 3.63) is 0 Å². The first-order valence-electron chi connectivity index (χ1n) is 1.57. The number of hydrogen-bond donors (Lipinski definition) is 7. The van der Waals surface area contributed by atoms with Crippen LogP contribution in [-0.2, 0) is 9.13 Å². The zero-order chi connectivity index (χ0) is 9.00. The molecule has 0 radical (unpaired) electrons. The second kappa shape index (κ2) is 11.8. The molecular formula is H12KNO9P2. The van der Waals surface area contributed by atoms with Crippen molar-refractivity contribution >= 4 is 67.0 Å². The summed E-state index contributed by atoms with van der Waals surface area (Å²) >= 11 is 0. The predicted octanol–water partition coefficient (Wildman–Crippen LogP) is -3.17. The van der Waals surface area contributed by atoms with Crippen LogP contribution >= 0.6 is 15.6 Å². The summed E-state index contributed by atoms with van der Waals surface area (Å²) in [5.74, 6) is 0. The molecule has 10 nitrogen and oxygen atoms in total. The first-order valence-corrected chi connectivity index (χ1v) is 4.70. The summed E-state index contributed by atoms with van der Waals surface area (Å²) in [4.78, 5) is 43.1. The third kappa shape index (κ3) is 605. The minimum atomic E-state index is -4.64. The third-order valence-electron chi connectivity index (χ3n) is 0. The van der Waals surface area contributed by atoms with Gasteiger partial charge in [-0.2, -0.15) is 0 Å². The van der Waals surface area contributed by atoms with Gasteiger partial charge < -0.3 is 41.0 Å². The molecule has 0 aliphatic rings. The standard InChI is InChI=1S/K.H3N.2H3O4P.H2O.H/c;;2*1-5(2,3)4;;/h;1H3;2*(H3,1,2,3,4);1H2;. The van der Waals surface area contributed by atoms with Crippen LogP contribution < -0.4 is 6.15 Å². The van der Waals surface area contributed by atoms with Crippen LogP contribution in [0.25, 0.3) is 0 Å². The summed E-state index contributed by atoms with van der Waals surface area (Å²) in [5, 5.41) is 0. The molecule has 0 spiro atoms. The average molecular weight is 271 g/mol. The van der Waals surface area contributed by atoms with Crippen molar-refractivity contribution in [3.8, 4) is 0 Å². The molecule has 0 bridgehead atoms. The Kier molecular flexibility index (Phi) is 26.7. The Morgan fingerprint density at radius 3 is 0.692 bits per heavy atom. The topological polar surface area (TPSA) is 222 Å². The van der Waals surface area contributed by atoms with Gasteiger partial charge in [-0.1, -0.05) is 0 Å². The summed E-state index contributed by atoms with van der Waals surface area (Å²) in [6.45, 7) is 0. The maximum atomic E-state index is 8.88. The van der Waals surface area contributed by atoms with E-state index in [1.54, 1.807) is 0 Å². The Balaban J connectivity index is -0.0000000267. The molecule has 13 heavy (non-hydrogen) atoms. The van der Waals surface area contributed by atoms with Gasteiger partial charge >= 0.3 is 67.0 Å². The number of phosphoric acid groups is 2. The Morgan fingerprint density at radius 2 is 0.692 bits per heavy atom. The molecule has 0 fully saturated rings. The van der Waals surface area contributed by atoms with E-state index in [0.717, 1.165) is 0 Å². The monoisotopic (exact) mass is 271 g/mol. The van der Waals surface area contributed by atoms with Crippen molar-refractivity contribution in [1.29, 1.82) is 0 Å². The Bertz CT molecular complexity index is 130. The fourth-order valence-electron chi connectivity index (χ4n) is 0. The van der Waals surface area contributed by atoms with Gasteiger partial charge in [-0.3, -0.25) is 0 Å². The van der Waals surface area contributed by atoms with Crippen LogP contribution in [0.15, 0.2) is 0 Å². The zero-order valence-corrected chi connectivity index (χ0v) is 7.39. The Morgan fingerprint density at radius 1 is 0.692 bits per heavy atom. The molecule has 0 unspecified atom stereocenters. The molecule has 0 aliphatic carbocycles. The third-order valence-corrected chi connectivity index (χ3v) is 0. The van der Waals surface area contributed by atoms with Gasteiger partial charge in [0.1, 0.15) is 0 Å². The fraction of sp³-hybridized carbons (Fsp3) is 0. The van der Waals surface area contributed by atoms with E-state index in [4.69, 9.17) is 38.5 Å². The molecule has 0 heterocycles. The van der Waals surface area contributed by atoms with Crippen LogP contribution in [-0.4, -0.2) is 86.2 Å². The van der Waals surface area contributed by atoms with E-state index >= 15 is 0 Å². The first-order chi connectivity index (χ1) is 4.00. The zero-order valence-electron chi connectivity index (χ0n) is 5.60. The van der Waals surface area contributed by atoms with Crippen molar-refractivity contribution < 1.29 is 44.0 Å². The molecule has 13 heteroatoms. The van der Waals surface area contributed by atoms with Crippen LogP contribution in [0.5, 0.6) is 0 Å². The van der Waals surface area contributed by atoms with Gasteiger partial charge in [0.05, 0.1) is 0 Å². The van der Waals surface area contributed by atoms with Gasteiger partial charge in [-0.15, -0.1) is 0 Å². The summed E-state index contributed by atoms with van der Waals surface area (Å²) in [5.41, 5.74) is 0. The van der Waals surface area contributed by atoms with Crippen LogP contribution in [0.2, 0.25) is 0 Å².